The van der Waals surface area contributed by atoms with E-state index < -0.39 is 0 Å². The van der Waals surface area contributed by atoms with Crippen molar-refractivity contribution in [2.45, 2.75) is 24.4 Å². The van der Waals surface area contributed by atoms with E-state index in [0.29, 0.717) is 10.0 Å². The van der Waals surface area contributed by atoms with E-state index >= 15 is 0 Å². The number of methoxy groups -OCH3 is 1. The maximum Gasteiger partial charge on any atom is 0.191 e. The highest BCUT2D eigenvalue weighted by Gasteiger charge is 2.14. The van der Waals surface area contributed by atoms with Crippen LogP contribution < -0.4 is 4.74 Å². The van der Waals surface area contributed by atoms with Gasteiger partial charge in [-0.05, 0) is 42.8 Å². The molecule has 0 saturated heterocycles. The number of hydrogen-bond acceptors (Lipinski definition) is 4. The van der Waals surface area contributed by atoms with Gasteiger partial charge in [0, 0.05) is 17.9 Å². The minimum atomic E-state index is 0.510. The number of hydrogen-bond donors (Lipinski definition) is 0. The van der Waals surface area contributed by atoms with Crippen LogP contribution in [0, 0.1) is 0 Å². The zero-order valence-electron chi connectivity index (χ0n) is 13.9. The van der Waals surface area contributed by atoms with Gasteiger partial charge in [0.05, 0.1) is 17.2 Å². The van der Waals surface area contributed by atoms with E-state index in [4.69, 9.17) is 27.9 Å². The molecule has 0 fully saturated rings. The Kier molecular flexibility index (Phi) is 5.89. The van der Waals surface area contributed by atoms with Gasteiger partial charge in [0.1, 0.15) is 5.75 Å². The van der Waals surface area contributed by atoms with Crippen molar-refractivity contribution in [2.24, 2.45) is 0 Å². The fourth-order valence-electron chi connectivity index (χ4n) is 2.44. The maximum absolute atomic E-state index is 6.13. The van der Waals surface area contributed by atoms with Crippen molar-refractivity contribution in [1.29, 1.82) is 0 Å². The van der Waals surface area contributed by atoms with E-state index in [1.165, 1.54) is 5.56 Å². The summed E-state index contributed by atoms with van der Waals surface area (Å²) in [6, 6.07) is 13.5. The highest BCUT2D eigenvalue weighted by molar-refractivity contribution is 7.98. The molecule has 1 heterocycles. The van der Waals surface area contributed by atoms with Crippen LogP contribution in [-0.4, -0.2) is 21.9 Å². The summed E-state index contributed by atoms with van der Waals surface area (Å²) >= 11 is 13.8. The van der Waals surface area contributed by atoms with Crippen LogP contribution in [-0.2, 0) is 12.3 Å². The second kappa shape index (κ2) is 8.13. The Bertz CT molecular complexity index is 883. The highest BCUT2D eigenvalue weighted by atomic mass is 35.5. The molecule has 0 N–H and O–H groups in total. The average molecular weight is 394 g/mol. The summed E-state index contributed by atoms with van der Waals surface area (Å²) < 4.78 is 7.34. The monoisotopic (exact) mass is 393 g/mol. The van der Waals surface area contributed by atoms with Crippen LogP contribution in [0.2, 0.25) is 10.0 Å². The number of thioether (sulfide) groups is 1. The van der Waals surface area contributed by atoms with Crippen molar-refractivity contribution >= 4 is 35.0 Å². The first-order chi connectivity index (χ1) is 12.1. The zero-order valence-corrected chi connectivity index (χ0v) is 16.2. The molecular weight excluding hydrogens is 377 g/mol. The van der Waals surface area contributed by atoms with Gasteiger partial charge in [0.25, 0.3) is 0 Å². The van der Waals surface area contributed by atoms with Crippen molar-refractivity contribution in [3.05, 3.63) is 58.1 Å². The van der Waals surface area contributed by atoms with Crippen molar-refractivity contribution in [2.75, 3.05) is 7.11 Å². The summed E-state index contributed by atoms with van der Waals surface area (Å²) in [5, 5.41) is 10.6. The Labute approximate surface area is 161 Å². The van der Waals surface area contributed by atoms with Gasteiger partial charge in [-0.15, -0.1) is 10.2 Å². The Balaban J connectivity index is 1.83. The molecule has 0 amide bonds. The van der Waals surface area contributed by atoms with Gasteiger partial charge in [-0.1, -0.05) is 47.1 Å². The molecule has 1 aromatic heterocycles. The largest absolute Gasteiger partial charge is 0.497 e. The second-order valence-corrected chi connectivity index (χ2v) is 7.08. The van der Waals surface area contributed by atoms with Crippen molar-refractivity contribution in [1.82, 2.24) is 14.8 Å². The minimum Gasteiger partial charge on any atom is -0.497 e. The summed E-state index contributed by atoms with van der Waals surface area (Å²) in [5.74, 6) is 2.43. The molecule has 3 aromatic rings. The number of ether oxygens (including phenoxy) is 1. The minimum absolute atomic E-state index is 0.510. The Morgan fingerprint density at radius 3 is 2.64 bits per heavy atom. The standard InChI is InChI=1S/C18H17Cl2N3OS/c1-3-23-17(13-7-8-15(19)16(20)10-13)21-22-18(23)25-11-12-5-4-6-14(9-12)24-2/h4-10H,3,11H2,1-2H3. The van der Waals surface area contributed by atoms with Crippen LogP contribution in [0.3, 0.4) is 0 Å². The van der Waals surface area contributed by atoms with E-state index in [9.17, 15) is 0 Å². The predicted octanol–water partition coefficient (Wildman–Crippen LogP) is 5.57. The third-order valence-electron chi connectivity index (χ3n) is 3.71. The maximum atomic E-state index is 6.13. The number of nitrogens with zero attached hydrogens (tertiary/aromatic N) is 3. The number of benzene rings is 2. The normalized spacial score (nSPS) is 10.9. The third-order valence-corrected chi connectivity index (χ3v) is 5.49. The molecule has 0 bridgehead atoms. The second-order valence-electron chi connectivity index (χ2n) is 5.32. The molecule has 0 saturated carbocycles. The summed E-state index contributed by atoms with van der Waals surface area (Å²) in [4.78, 5) is 0. The average Bonchev–Trinajstić information content (AvgIpc) is 3.05. The van der Waals surface area contributed by atoms with Crippen LogP contribution in [0.15, 0.2) is 47.6 Å². The summed E-state index contributed by atoms with van der Waals surface area (Å²) in [7, 11) is 1.67. The molecule has 0 aliphatic carbocycles. The van der Waals surface area contributed by atoms with Gasteiger partial charge < -0.3 is 9.30 Å². The Hall–Kier alpha value is -1.69. The lowest BCUT2D eigenvalue weighted by atomic mass is 10.2. The molecular formula is C18H17Cl2N3OS. The molecule has 0 unspecified atom stereocenters. The molecule has 0 atom stereocenters. The number of aromatic nitrogens is 3. The first kappa shape index (κ1) is 18.1. The summed E-state index contributed by atoms with van der Waals surface area (Å²) in [6.45, 7) is 2.84. The first-order valence-electron chi connectivity index (χ1n) is 7.76. The van der Waals surface area contributed by atoms with Crippen LogP contribution in [0.1, 0.15) is 12.5 Å². The van der Waals surface area contributed by atoms with E-state index in [1.54, 1.807) is 24.9 Å². The molecule has 0 aliphatic rings. The molecule has 0 radical (unpaired) electrons. The predicted molar refractivity (Wildman–Crippen MR) is 104 cm³/mol. The van der Waals surface area contributed by atoms with Crippen molar-refractivity contribution in [3.8, 4) is 17.1 Å². The van der Waals surface area contributed by atoms with Gasteiger partial charge in [-0.3, -0.25) is 0 Å². The lowest BCUT2D eigenvalue weighted by molar-refractivity contribution is 0.414. The molecule has 0 spiro atoms. The van der Waals surface area contributed by atoms with Gasteiger partial charge >= 0.3 is 0 Å². The summed E-state index contributed by atoms with van der Waals surface area (Å²) in [6.07, 6.45) is 0. The lowest BCUT2D eigenvalue weighted by Crippen LogP contribution is -2.00. The van der Waals surface area contributed by atoms with Gasteiger partial charge in [0.15, 0.2) is 11.0 Å². The summed E-state index contributed by atoms with van der Waals surface area (Å²) in [5.41, 5.74) is 2.07. The van der Waals surface area contributed by atoms with Gasteiger partial charge in [-0.2, -0.15) is 0 Å². The quantitative estimate of drug-likeness (QED) is 0.513. The molecule has 25 heavy (non-hydrogen) atoms. The van der Waals surface area contributed by atoms with Crippen molar-refractivity contribution in [3.63, 3.8) is 0 Å². The van der Waals surface area contributed by atoms with Crippen LogP contribution in [0.5, 0.6) is 5.75 Å². The molecule has 130 valence electrons. The molecule has 2 aromatic carbocycles. The van der Waals surface area contributed by atoms with Crippen molar-refractivity contribution < 1.29 is 4.74 Å². The number of rotatable bonds is 6. The fourth-order valence-corrected chi connectivity index (χ4v) is 3.68. The molecule has 4 nitrogen and oxygen atoms in total. The zero-order chi connectivity index (χ0) is 17.8. The van der Waals surface area contributed by atoms with E-state index in [0.717, 1.165) is 34.6 Å². The third kappa shape index (κ3) is 4.11. The van der Waals surface area contributed by atoms with E-state index in [-0.39, 0.29) is 0 Å². The SMILES string of the molecule is CCn1c(SCc2cccc(OC)c2)nnc1-c1ccc(Cl)c(Cl)c1. The molecule has 0 aliphatic heterocycles. The number of halogens is 2. The Morgan fingerprint density at radius 2 is 1.92 bits per heavy atom. The highest BCUT2D eigenvalue weighted by Crippen LogP contribution is 2.30. The molecule has 3 rings (SSSR count). The van der Waals surface area contributed by atoms with Gasteiger partial charge in [-0.25, -0.2) is 0 Å². The van der Waals surface area contributed by atoms with Gasteiger partial charge in [0.2, 0.25) is 0 Å². The van der Waals surface area contributed by atoms with Crippen LogP contribution >= 0.6 is 35.0 Å². The van der Waals surface area contributed by atoms with E-state index in [2.05, 4.69) is 27.8 Å². The smallest absolute Gasteiger partial charge is 0.191 e. The Morgan fingerprint density at radius 1 is 1.08 bits per heavy atom. The first-order valence-corrected chi connectivity index (χ1v) is 9.51. The van der Waals surface area contributed by atoms with Crippen LogP contribution in [0.25, 0.3) is 11.4 Å². The fraction of sp³-hybridized carbons (Fsp3) is 0.222. The topological polar surface area (TPSA) is 39.9 Å². The van der Waals surface area contributed by atoms with Crippen LogP contribution in [0.4, 0.5) is 0 Å². The molecule has 7 heteroatoms. The van der Waals surface area contributed by atoms with E-state index in [1.807, 2.05) is 30.3 Å². The lowest BCUT2D eigenvalue weighted by Gasteiger charge is -2.08.